The Morgan fingerprint density at radius 3 is 2.55 bits per heavy atom. The van der Waals surface area contributed by atoms with Gasteiger partial charge in [-0.1, -0.05) is 17.7 Å². The zero-order valence-electron chi connectivity index (χ0n) is 17.3. The second kappa shape index (κ2) is 9.06. The standard InChI is InChI=1S/C25H22ClN3O2/c1-3-31-21-10-7-17(8-11-21)25(30)28-20-9-12-23-22(15-20)16(2)13-24(29-23)27-19-6-4-5-18(26)14-19/h4-15H,3H2,1-2H3,(H,27,29)(H,28,30). The third-order valence-corrected chi connectivity index (χ3v) is 5.03. The number of benzene rings is 3. The van der Waals surface area contributed by atoms with E-state index in [1.807, 2.05) is 62.4 Å². The molecule has 0 unspecified atom stereocenters. The molecule has 0 aliphatic rings. The van der Waals surface area contributed by atoms with Crippen LogP contribution in [0.3, 0.4) is 0 Å². The van der Waals surface area contributed by atoms with Crippen molar-refractivity contribution >= 4 is 45.6 Å². The van der Waals surface area contributed by atoms with Crippen LogP contribution in [0.2, 0.25) is 5.02 Å². The molecule has 0 fully saturated rings. The number of nitrogens with one attached hydrogen (secondary N) is 2. The van der Waals surface area contributed by atoms with Crippen LogP contribution in [0.15, 0.2) is 72.8 Å². The van der Waals surface area contributed by atoms with Gasteiger partial charge in [0.1, 0.15) is 11.6 Å². The lowest BCUT2D eigenvalue weighted by atomic mass is 10.1. The quantitative estimate of drug-likeness (QED) is 0.361. The predicted octanol–water partition coefficient (Wildman–Crippen LogP) is 6.59. The van der Waals surface area contributed by atoms with Gasteiger partial charge in [0.25, 0.3) is 5.91 Å². The Morgan fingerprint density at radius 2 is 1.81 bits per heavy atom. The Kier molecular flexibility index (Phi) is 6.05. The average Bonchev–Trinajstić information content (AvgIpc) is 2.75. The molecule has 2 N–H and O–H groups in total. The van der Waals surface area contributed by atoms with Gasteiger partial charge in [0.05, 0.1) is 12.1 Å². The number of pyridine rings is 1. The molecule has 0 spiro atoms. The molecule has 0 saturated carbocycles. The van der Waals surface area contributed by atoms with E-state index >= 15 is 0 Å². The van der Waals surface area contributed by atoms with Gasteiger partial charge in [-0.25, -0.2) is 4.98 Å². The molecule has 0 aliphatic carbocycles. The van der Waals surface area contributed by atoms with Gasteiger partial charge in [-0.05, 0) is 86.1 Å². The highest BCUT2D eigenvalue weighted by atomic mass is 35.5. The second-order valence-electron chi connectivity index (χ2n) is 7.10. The van der Waals surface area contributed by atoms with E-state index in [1.54, 1.807) is 24.3 Å². The van der Waals surface area contributed by atoms with Gasteiger partial charge in [0, 0.05) is 27.3 Å². The van der Waals surface area contributed by atoms with E-state index in [-0.39, 0.29) is 5.91 Å². The first-order valence-electron chi connectivity index (χ1n) is 10.00. The number of rotatable bonds is 6. The summed E-state index contributed by atoms with van der Waals surface area (Å²) in [6, 6.07) is 22.3. The Morgan fingerprint density at radius 1 is 1.00 bits per heavy atom. The van der Waals surface area contributed by atoms with Crippen molar-refractivity contribution in [2.45, 2.75) is 13.8 Å². The lowest BCUT2D eigenvalue weighted by molar-refractivity contribution is 0.102. The average molecular weight is 432 g/mol. The van der Waals surface area contributed by atoms with Crippen LogP contribution in [0.5, 0.6) is 5.75 Å². The van der Waals surface area contributed by atoms with E-state index in [2.05, 4.69) is 15.6 Å². The Bertz CT molecular complexity index is 1240. The van der Waals surface area contributed by atoms with Crippen molar-refractivity contribution in [1.82, 2.24) is 4.98 Å². The summed E-state index contributed by atoms with van der Waals surface area (Å²) in [4.78, 5) is 17.3. The molecular formula is C25H22ClN3O2. The molecule has 6 heteroatoms. The molecule has 1 aromatic heterocycles. The summed E-state index contributed by atoms with van der Waals surface area (Å²) in [5, 5.41) is 7.87. The topological polar surface area (TPSA) is 63.2 Å². The number of anilines is 3. The van der Waals surface area contributed by atoms with Crippen LogP contribution in [0.1, 0.15) is 22.8 Å². The fourth-order valence-corrected chi connectivity index (χ4v) is 3.51. The first-order valence-corrected chi connectivity index (χ1v) is 10.4. The van der Waals surface area contributed by atoms with E-state index in [0.29, 0.717) is 22.9 Å². The summed E-state index contributed by atoms with van der Waals surface area (Å²) in [6.45, 7) is 4.53. The maximum Gasteiger partial charge on any atom is 0.255 e. The molecule has 3 aromatic carbocycles. The highest BCUT2D eigenvalue weighted by Crippen LogP contribution is 2.26. The summed E-state index contributed by atoms with van der Waals surface area (Å²) < 4.78 is 5.42. The van der Waals surface area contributed by atoms with Gasteiger partial charge in [0.15, 0.2) is 0 Å². The number of aromatic nitrogens is 1. The van der Waals surface area contributed by atoms with Crippen molar-refractivity contribution < 1.29 is 9.53 Å². The van der Waals surface area contributed by atoms with Crippen LogP contribution < -0.4 is 15.4 Å². The fraction of sp³-hybridized carbons (Fsp3) is 0.120. The zero-order valence-corrected chi connectivity index (χ0v) is 18.0. The van der Waals surface area contributed by atoms with Gasteiger partial charge < -0.3 is 15.4 Å². The largest absolute Gasteiger partial charge is 0.494 e. The van der Waals surface area contributed by atoms with Gasteiger partial charge in [-0.15, -0.1) is 0 Å². The van der Waals surface area contributed by atoms with Crippen LogP contribution in [0, 0.1) is 6.92 Å². The molecular weight excluding hydrogens is 410 g/mol. The number of carbonyl (C=O) groups excluding carboxylic acids is 1. The molecule has 0 saturated heterocycles. The summed E-state index contributed by atoms with van der Waals surface area (Å²) in [5.41, 5.74) is 4.04. The molecule has 4 aromatic rings. The third kappa shape index (κ3) is 4.95. The summed E-state index contributed by atoms with van der Waals surface area (Å²) in [7, 11) is 0. The van der Waals surface area contributed by atoms with Gasteiger partial charge in [-0.3, -0.25) is 4.79 Å². The smallest absolute Gasteiger partial charge is 0.255 e. The minimum atomic E-state index is -0.174. The van der Waals surface area contributed by atoms with Crippen LogP contribution in [-0.4, -0.2) is 17.5 Å². The van der Waals surface area contributed by atoms with Gasteiger partial charge >= 0.3 is 0 Å². The van der Waals surface area contributed by atoms with Crippen molar-refractivity contribution in [1.29, 1.82) is 0 Å². The number of hydrogen-bond acceptors (Lipinski definition) is 4. The predicted molar refractivity (Wildman–Crippen MR) is 127 cm³/mol. The van der Waals surface area contributed by atoms with Crippen LogP contribution >= 0.6 is 11.6 Å². The minimum absolute atomic E-state index is 0.174. The number of fused-ring (bicyclic) bond motifs is 1. The SMILES string of the molecule is CCOc1ccc(C(=O)Nc2ccc3nc(Nc4cccc(Cl)c4)cc(C)c3c2)cc1. The minimum Gasteiger partial charge on any atom is -0.494 e. The molecule has 5 nitrogen and oxygen atoms in total. The molecule has 0 bridgehead atoms. The number of amides is 1. The monoisotopic (exact) mass is 431 g/mol. The first-order chi connectivity index (χ1) is 15.0. The van der Waals surface area contributed by atoms with Crippen LogP contribution in [-0.2, 0) is 0 Å². The van der Waals surface area contributed by atoms with Crippen molar-refractivity contribution in [3.05, 3.63) is 88.9 Å². The molecule has 0 radical (unpaired) electrons. The maximum atomic E-state index is 12.6. The molecule has 31 heavy (non-hydrogen) atoms. The third-order valence-electron chi connectivity index (χ3n) is 4.80. The number of hydrogen-bond donors (Lipinski definition) is 2. The summed E-state index contributed by atoms with van der Waals surface area (Å²) >= 11 is 6.06. The molecule has 4 rings (SSSR count). The van der Waals surface area contributed by atoms with E-state index < -0.39 is 0 Å². The summed E-state index contributed by atoms with van der Waals surface area (Å²) in [6.07, 6.45) is 0. The number of carbonyl (C=O) groups is 1. The number of halogens is 1. The number of nitrogens with zero attached hydrogens (tertiary/aromatic N) is 1. The van der Waals surface area contributed by atoms with Crippen LogP contribution in [0.25, 0.3) is 10.9 Å². The van der Waals surface area contributed by atoms with Gasteiger partial charge in [-0.2, -0.15) is 0 Å². The Hall–Kier alpha value is -3.57. The molecule has 1 amide bonds. The molecule has 156 valence electrons. The van der Waals surface area contributed by atoms with Crippen molar-refractivity contribution in [2.24, 2.45) is 0 Å². The van der Waals surface area contributed by atoms with Crippen molar-refractivity contribution in [3.63, 3.8) is 0 Å². The van der Waals surface area contributed by atoms with E-state index in [0.717, 1.165) is 33.7 Å². The highest BCUT2D eigenvalue weighted by Gasteiger charge is 2.09. The van der Waals surface area contributed by atoms with E-state index in [4.69, 9.17) is 16.3 Å². The lowest BCUT2D eigenvalue weighted by Crippen LogP contribution is -2.11. The van der Waals surface area contributed by atoms with Crippen molar-refractivity contribution in [2.75, 3.05) is 17.2 Å². The van der Waals surface area contributed by atoms with Crippen LogP contribution in [0.4, 0.5) is 17.2 Å². The fourth-order valence-electron chi connectivity index (χ4n) is 3.32. The highest BCUT2D eigenvalue weighted by molar-refractivity contribution is 6.30. The Labute approximate surface area is 186 Å². The zero-order chi connectivity index (χ0) is 21.8. The Balaban J connectivity index is 1.53. The van der Waals surface area contributed by atoms with Gasteiger partial charge in [0.2, 0.25) is 0 Å². The summed E-state index contributed by atoms with van der Waals surface area (Å²) in [5.74, 6) is 1.30. The first kappa shape index (κ1) is 20.7. The van der Waals surface area contributed by atoms with E-state index in [9.17, 15) is 4.79 Å². The number of aryl methyl sites for hydroxylation is 1. The van der Waals surface area contributed by atoms with E-state index in [1.165, 1.54) is 0 Å². The molecule has 1 heterocycles. The second-order valence-corrected chi connectivity index (χ2v) is 7.54. The lowest BCUT2D eigenvalue weighted by Gasteiger charge is -2.11. The molecule has 0 atom stereocenters. The molecule has 0 aliphatic heterocycles. The normalized spacial score (nSPS) is 10.7. The maximum absolute atomic E-state index is 12.6. The number of ether oxygens (including phenoxy) is 1. The van der Waals surface area contributed by atoms with Crippen molar-refractivity contribution in [3.8, 4) is 5.75 Å².